The van der Waals surface area contributed by atoms with E-state index in [1.807, 2.05) is 54.6 Å². The van der Waals surface area contributed by atoms with Gasteiger partial charge < -0.3 is 0 Å². The number of benzene rings is 6. The van der Waals surface area contributed by atoms with Crippen LogP contribution in [0.1, 0.15) is 12.3 Å². The van der Waals surface area contributed by atoms with Crippen LogP contribution in [0.2, 0.25) is 0 Å². The van der Waals surface area contributed by atoms with Gasteiger partial charge in [0.15, 0.2) is 0 Å². The van der Waals surface area contributed by atoms with Crippen LogP contribution < -0.4 is 0 Å². The van der Waals surface area contributed by atoms with Crippen LogP contribution in [0.25, 0.3) is 54.2 Å². The van der Waals surface area contributed by atoms with Gasteiger partial charge in [0, 0.05) is 0 Å². The molecule has 0 aliphatic rings. The molecule has 0 heterocycles. The molecule has 6 rings (SSSR count). The molecule has 0 aliphatic heterocycles. The highest BCUT2D eigenvalue weighted by atomic mass is 14.2. The summed E-state index contributed by atoms with van der Waals surface area (Å²) in [6.07, 6.45) is 0. The minimum atomic E-state index is -0.500. The second-order valence-electron chi connectivity index (χ2n) is 6.69. The van der Waals surface area contributed by atoms with Crippen molar-refractivity contribution >= 4 is 43.1 Å². The van der Waals surface area contributed by atoms with E-state index in [1.54, 1.807) is 0 Å². The molecule has 0 spiro atoms. The first-order valence-electron chi connectivity index (χ1n) is 13.5. The van der Waals surface area contributed by atoms with Crippen LogP contribution in [-0.4, -0.2) is 0 Å². The van der Waals surface area contributed by atoms with Crippen molar-refractivity contribution in [3.8, 4) is 11.1 Å². The summed E-state index contributed by atoms with van der Waals surface area (Å²) in [7, 11) is 0. The van der Waals surface area contributed by atoms with E-state index in [2.05, 4.69) is 0 Å². The molecule has 0 saturated carbocycles. The summed E-state index contributed by atoms with van der Waals surface area (Å²) < 4.78 is 76.9. The highest BCUT2D eigenvalue weighted by Gasteiger charge is 2.14. The first-order chi connectivity index (χ1) is 17.6. The van der Waals surface area contributed by atoms with Gasteiger partial charge in [-0.1, -0.05) is 96.9 Å². The second-order valence-corrected chi connectivity index (χ2v) is 6.69. The monoisotopic (exact) mass is 363 g/mol. The Kier molecular flexibility index (Phi) is 1.91. The third-order valence-corrected chi connectivity index (χ3v) is 5.16. The standard InChI is InChI=1S/C28H18/c1-4-12-22-21(11-1)18-27(26-16-8-7-15-25(22)26)28-23-13-5-2-9-19(23)17-20-10-3-6-14-24(20)28/h1-18H/i2D,3D,5D,6D,9D,10D,13D,14D,17D. The van der Waals surface area contributed by atoms with E-state index in [9.17, 15) is 0 Å². The van der Waals surface area contributed by atoms with Gasteiger partial charge in [-0.3, -0.25) is 0 Å². The van der Waals surface area contributed by atoms with Crippen molar-refractivity contribution in [2.45, 2.75) is 0 Å². The van der Waals surface area contributed by atoms with Crippen molar-refractivity contribution in [1.29, 1.82) is 0 Å². The third kappa shape index (κ3) is 2.18. The number of hydrogen-bond acceptors (Lipinski definition) is 0. The average molecular weight is 364 g/mol. The lowest BCUT2D eigenvalue weighted by Crippen LogP contribution is -1.88. The van der Waals surface area contributed by atoms with Gasteiger partial charge in [-0.25, -0.2) is 0 Å². The summed E-state index contributed by atoms with van der Waals surface area (Å²) in [5, 5.41) is 3.50. The van der Waals surface area contributed by atoms with Gasteiger partial charge in [-0.15, -0.1) is 0 Å². The smallest absolute Gasteiger partial charge is 0.0616 e. The van der Waals surface area contributed by atoms with Crippen molar-refractivity contribution < 1.29 is 12.3 Å². The van der Waals surface area contributed by atoms with Crippen LogP contribution >= 0.6 is 0 Å². The molecule has 0 nitrogen and oxygen atoms in total. The molecule has 0 amide bonds. The van der Waals surface area contributed by atoms with Crippen LogP contribution in [0.3, 0.4) is 0 Å². The van der Waals surface area contributed by atoms with Gasteiger partial charge >= 0.3 is 0 Å². The van der Waals surface area contributed by atoms with Gasteiger partial charge in [0.05, 0.1) is 12.3 Å². The molecule has 0 unspecified atom stereocenters. The molecular weight excluding hydrogens is 336 g/mol. The Hall–Kier alpha value is -3.64. The number of hydrogen-bond donors (Lipinski definition) is 0. The van der Waals surface area contributed by atoms with Gasteiger partial charge in [-0.2, -0.15) is 0 Å². The summed E-state index contributed by atoms with van der Waals surface area (Å²) in [5.41, 5.74) is 0.835. The zero-order chi connectivity index (χ0) is 26.3. The maximum atomic E-state index is 8.90. The van der Waals surface area contributed by atoms with Crippen LogP contribution in [0.15, 0.2) is 109 Å². The summed E-state index contributed by atoms with van der Waals surface area (Å²) in [6, 6.07) is 13.4. The minimum Gasteiger partial charge on any atom is -0.0616 e. The predicted octanol–water partition coefficient (Wildman–Crippen LogP) is 7.97. The molecule has 0 aliphatic carbocycles. The average Bonchev–Trinajstić information content (AvgIpc) is 2.91. The van der Waals surface area contributed by atoms with Gasteiger partial charge in [-0.05, 0) is 66.3 Å². The predicted molar refractivity (Wildman–Crippen MR) is 122 cm³/mol. The Morgan fingerprint density at radius 3 is 1.79 bits per heavy atom. The molecule has 0 aromatic heterocycles. The Balaban J connectivity index is 2.03. The highest BCUT2D eigenvalue weighted by molar-refractivity contribution is 6.21. The molecule has 6 aromatic carbocycles. The van der Waals surface area contributed by atoms with E-state index in [4.69, 9.17) is 12.3 Å². The summed E-state index contributed by atoms with van der Waals surface area (Å²) in [6.45, 7) is 0. The molecule has 0 fully saturated rings. The molecule has 6 aromatic rings. The molecule has 0 radical (unpaired) electrons. The first-order valence-corrected chi connectivity index (χ1v) is 8.98. The van der Waals surface area contributed by atoms with Crippen LogP contribution in [0.5, 0.6) is 0 Å². The normalized spacial score (nSPS) is 16.1. The van der Waals surface area contributed by atoms with Gasteiger partial charge in [0.25, 0.3) is 0 Å². The lowest BCUT2D eigenvalue weighted by Gasteiger charge is -2.16. The van der Waals surface area contributed by atoms with Crippen molar-refractivity contribution in [2.75, 3.05) is 0 Å². The zero-order valence-electron chi connectivity index (χ0n) is 23.7. The fourth-order valence-electron chi connectivity index (χ4n) is 3.97. The Bertz CT molecular complexity index is 1900. The molecule has 0 bridgehead atoms. The largest absolute Gasteiger partial charge is 0.0636 e. The first kappa shape index (κ1) is 9.03. The van der Waals surface area contributed by atoms with E-state index in [0.29, 0.717) is 5.56 Å². The van der Waals surface area contributed by atoms with Crippen molar-refractivity contribution in [2.24, 2.45) is 0 Å². The van der Waals surface area contributed by atoms with E-state index >= 15 is 0 Å². The quantitative estimate of drug-likeness (QED) is 0.205. The number of rotatable bonds is 1. The fraction of sp³-hybridized carbons (Fsp3) is 0. The molecule has 130 valence electrons. The summed E-state index contributed by atoms with van der Waals surface area (Å²) >= 11 is 0. The summed E-state index contributed by atoms with van der Waals surface area (Å²) in [4.78, 5) is 0. The topological polar surface area (TPSA) is 0 Å². The third-order valence-electron chi connectivity index (χ3n) is 5.16. The Labute approximate surface area is 176 Å². The SMILES string of the molecule is [2H]c1c([2H])c([2H])c2c(-c3cc4ccccc4c4ccccc34)c3c([2H])c([2H])c([2H])c([2H])c3c([2H])c2c1[2H]. The lowest BCUT2D eigenvalue weighted by molar-refractivity contribution is 1.72. The van der Waals surface area contributed by atoms with E-state index < -0.39 is 36.3 Å². The Morgan fingerprint density at radius 2 is 1.07 bits per heavy atom. The second kappa shape index (κ2) is 5.94. The van der Waals surface area contributed by atoms with Gasteiger partial charge in [0.2, 0.25) is 0 Å². The fourth-order valence-corrected chi connectivity index (χ4v) is 3.97. The minimum absolute atomic E-state index is 0.0639. The zero-order valence-corrected chi connectivity index (χ0v) is 14.7. The van der Waals surface area contributed by atoms with Crippen molar-refractivity contribution in [1.82, 2.24) is 0 Å². The van der Waals surface area contributed by atoms with E-state index in [1.165, 1.54) is 0 Å². The molecule has 0 saturated heterocycles. The van der Waals surface area contributed by atoms with Crippen molar-refractivity contribution in [3.63, 3.8) is 0 Å². The van der Waals surface area contributed by atoms with E-state index in [-0.39, 0.29) is 45.2 Å². The molecule has 28 heavy (non-hydrogen) atoms. The molecule has 0 N–H and O–H groups in total. The van der Waals surface area contributed by atoms with Gasteiger partial charge in [0.1, 0.15) is 0 Å². The highest BCUT2D eigenvalue weighted by Crippen LogP contribution is 2.41. The van der Waals surface area contributed by atoms with E-state index in [0.717, 1.165) is 21.5 Å². The summed E-state index contributed by atoms with van der Waals surface area (Å²) in [5.74, 6) is 0. The van der Waals surface area contributed by atoms with Crippen LogP contribution in [0, 0.1) is 0 Å². The lowest BCUT2D eigenvalue weighted by atomic mass is 9.87. The Morgan fingerprint density at radius 1 is 0.500 bits per heavy atom. The van der Waals surface area contributed by atoms with Crippen LogP contribution in [-0.2, 0) is 0 Å². The molecule has 0 atom stereocenters. The maximum absolute atomic E-state index is 8.90. The molecule has 0 heteroatoms. The molecular formula is C28H18. The maximum Gasteiger partial charge on any atom is 0.0636 e. The van der Waals surface area contributed by atoms with Crippen molar-refractivity contribution in [3.05, 3.63) is 109 Å². The number of fused-ring (bicyclic) bond motifs is 5. The van der Waals surface area contributed by atoms with Crippen LogP contribution in [0.4, 0.5) is 0 Å².